The highest BCUT2D eigenvalue weighted by Crippen LogP contribution is 2.22. The Hall–Kier alpha value is -2.70. The van der Waals surface area contributed by atoms with Crippen LogP contribution in [0.1, 0.15) is 37.1 Å². The van der Waals surface area contributed by atoms with E-state index in [4.69, 9.17) is 0 Å². The lowest BCUT2D eigenvalue weighted by Gasteiger charge is -2.25. The molecule has 0 bridgehead atoms. The minimum atomic E-state index is -3.22. The summed E-state index contributed by atoms with van der Waals surface area (Å²) in [6.45, 7) is 4.22. The molecule has 0 aliphatic heterocycles. The van der Waals surface area contributed by atoms with Gasteiger partial charge < -0.3 is 5.32 Å². The smallest absolute Gasteiger partial charge is 0.234 e. The summed E-state index contributed by atoms with van der Waals surface area (Å²) in [5.74, 6) is -0.0576. The number of benzene rings is 3. The molecule has 30 heavy (non-hydrogen) atoms. The molecule has 3 aromatic rings. The Kier molecular flexibility index (Phi) is 6.58. The molecule has 0 saturated carbocycles. The quantitative estimate of drug-likeness (QED) is 0.620. The molecule has 2 atom stereocenters. The van der Waals surface area contributed by atoms with Crippen molar-refractivity contribution in [2.75, 3.05) is 19.8 Å². The lowest BCUT2D eigenvalue weighted by Crippen LogP contribution is -2.37. The maximum atomic E-state index is 12.6. The zero-order valence-corrected chi connectivity index (χ0v) is 18.6. The molecule has 0 aliphatic rings. The van der Waals surface area contributed by atoms with Crippen LogP contribution in [0, 0.1) is 0 Å². The predicted octanol–water partition coefficient (Wildman–Crippen LogP) is 4.11. The first-order chi connectivity index (χ1) is 14.1. The van der Waals surface area contributed by atoms with Gasteiger partial charge in [0.05, 0.1) is 17.5 Å². The number of nitrogens with one attached hydrogen (secondary N) is 1. The SMILES string of the molecule is C[C@H](NC(=O)CN(C)[C@@H](C)c1ccc(S(C)(=O)=O)cc1)c1ccc2ccccc2c1. The summed E-state index contributed by atoms with van der Waals surface area (Å²) in [4.78, 5) is 14.8. The number of rotatable bonds is 7. The van der Waals surface area contributed by atoms with Gasteiger partial charge in [0.1, 0.15) is 0 Å². The molecule has 1 amide bonds. The van der Waals surface area contributed by atoms with E-state index in [1.54, 1.807) is 24.3 Å². The van der Waals surface area contributed by atoms with Gasteiger partial charge in [0.25, 0.3) is 0 Å². The first-order valence-corrected chi connectivity index (χ1v) is 11.8. The van der Waals surface area contributed by atoms with E-state index in [1.165, 1.54) is 11.6 Å². The van der Waals surface area contributed by atoms with Gasteiger partial charge in [0, 0.05) is 12.3 Å². The lowest BCUT2D eigenvalue weighted by molar-refractivity contribution is -0.123. The number of hydrogen-bond donors (Lipinski definition) is 1. The molecule has 3 aromatic carbocycles. The molecule has 1 N–H and O–H groups in total. The maximum Gasteiger partial charge on any atom is 0.234 e. The van der Waals surface area contributed by atoms with Gasteiger partial charge in [-0.3, -0.25) is 9.69 Å². The van der Waals surface area contributed by atoms with Gasteiger partial charge in [-0.1, -0.05) is 48.5 Å². The fraction of sp³-hybridized carbons (Fsp3) is 0.292. The summed E-state index contributed by atoms with van der Waals surface area (Å²) in [6.07, 6.45) is 1.19. The van der Waals surface area contributed by atoms with Crippen molar-refractivity contribution in [1.82, 2.24) is 10.2 Å². The summed E-state index contributed by atoms with van der Waals surface area (Å²) < 4.78 is 23.2. The minimum absolute atomic E-state index is 0.0275. The zero-order valence-electron chi connectivity index (χ0n) is 17.8. The van der Waals surface area contributed by atoms with Crippen molar-refractivity contribution < 1.29 is 13.2 Å². The molecule has 0 spiro atoms. The van der Waals surface area contributed by atoms with Crippen molar-refractivity contribution in [1.29, 1.82) is 0 Å². The number of nitrogens with zero attached hydrogens (tertiary/aromatic N) is 1. The molecule has 0 aromatic heterocycles. The Morgan fingerprint density at radius 1 is 0.933 bits per heavy atom. The number of sulfone groups is 1. The Morgan fingerprint density at radius 3 is 2.17 bits per heavy atom. The number of carbonyl (C=O) groups is 1. The second-order valence-corrected chi connectivity index (χ2v) is 9.84. The summed E-state index contributed by atoms with van der Waals surface area (Å²) in [5, 5.41) is 5.40. The molecule has 0 saturated heterocycles. The highest BCUT2D eigenvalue weighted by atomic mass is 32.2. The maximum absolute atomic E-state index is 12.6. The molecule has 0 aliphatic carbocycles. The standard InChI is InChI=1S/C24H28N2O3S/c1-17(21-10-9-20-7-5-6-8-22(20)15-21)25-24(27)16-26(3)18(2)19-11-13-23(14-12-19)30(4,28)29/h5-15,17-18H,16H2,1-4H3,(H,25,27)/t17-,18-/m0/s1. The molecule has 6 heteroatoms. The van der Waals surface area contributed by atoms with Crippen molar-refractivity contribution >= 4 is 26.5 Å². The zero-order chi connectivity index (χ0) is 21.9. The minimum Gasteiger partial charge on any atom is -0.348 e. The number of carbonyl (C=O) groups excluding carboxylic acids is 1. The summed E-state index contributed by atoms with van der Waals surface area (Å²) in [6, 6.07) is 21.1. The number of amides is 1. The second kappa shape index (κ2) is 8.98. The van der Waals surface area contributed by atoms with E-state index in [9.17, 15) is 13.2 Å². The average molecular weight is 425 g/mol. The third kappa shape index (κ3) is 5.26. The van der Waals surface area contributed by atoms with E-state index in [1.807, 2.05) is 44.0 Å². The van der Waals surface area contributed by atoms with Crippen LogP contribution < -0.4 is 5.32 Å². The molecule has 0 heterocycles. The molecule has 5 nitrogen and oxygen atoms in total. The van der Waals surface area contributed by atoms with Gasteiger partial charge in [-0.2, -0.15) is 0 Å². The first-order valence-electron chi connectivity index (χ1n) is 9.93. The van der Waals surface area contributed by atoms with E-state index in [2.05, 4.69) is 29.6 Å². The van der Waals surface area contributed by atoms with Gasteiger partial charge in [0.2, 0.25) is 5.91 Å². The molecule has 0 unspecified atom stereocenters. The van der Waals surface area contributed by atoms with Gasteiger partial charge >= 0.3 is 0 Å². The van der Waals surface area contributed by atoms with E-state index in [0.717, 1.165) is 16.5 Å². The van der Waals surface area contributed by atoms with Gasteiger partial charge in [0.15, 0.2) is 9.84 Å². The van der Waals surface area contributed by atoms with Crippen LogP contribution in [0.2, 0.25) is 0 Å². The summed E-state index contributed by atoms with van der Waals surface area (Å²) in [5.41, 5.74) is 2.02. The van der Waals surface area contributed by atoms with Crippen molar-refractivity contribution in [3.8, 4) is 0 Å². The van der Waals surface area contributed by atoms with Crippen LogP contribution >= 0.6 is 0 Å². The Labute approximate surface area is 178 Å². The van der Waals surface area contributed by atoms with Crippen LogP contribution in [0.15, 0.2) is 71.6 Å². The monoisotopic (exact) mass is 424 g/mol. The molecular weight excluding hydrogens is 396 g/mol. The van der Waals surface area contributed by atoms with Gasteiger partial charge in [-0.05, 0) is 61.0 Å². The lowest BCUT2D eigenvalue weighted by atomic mass is 10.0. The fourth-order valence-corrected chi connectivity index (χ4v) is 4.09. The summed E-state index contributed by atoms with van der Waals surface area (Å²) in [7, 11) is -1.33. The summed E-state index contributed by atoms with van der Waals surface area (Å²) >= 11 is 0. The van der Waals surface area contributed by atoms with Crippen molar-refractivity contribution in [3.05, 3.63) is 77.9 Å². The van der Waals surface area contributed by atoms with Crippen LogP contribution in [0.4, 0.5) is 0 Å². The molecular formula is C24H28N2O3S. The molecule has 0 radical (unpaired) electrons. The largest absolute Gasteiger partial charge is 0.348 e. The Balaban J connectivity index is 1.61. The van der Waals surface area contributed by atoms with E-state index < -0.39 is 9.84 Å². The molecule has 158 valence electrons. The van der Waals surface area contributed by atoms with Gasteiger partial charge in [-0.25, -0.2) is 8.42 Å². The number of hydrogen-bond acceptors (Lipinski definition) is 4. The first kappa shape index (κ1) is 22.0. The highest BCUT2D eigenvalue weighted by Gasteiger charge is 2.17. The normalized spacial score (nSPS) is 13.9. The van der Waals surface area contributed by atoms with Crippen LogP contribution in [0.5, 0.6) is 0 Å². The molecule has 3 rings (SSSR count). The highest BCUT2D eigenvalue weighted by molar-refractivity contribution is 7.90. The van der Waals surface area contributed by atoms with Gasteiger partial charge in [-0.15, -0.1) is 0 Å². The topological polar surface area (TPSA) is 66.5 Å². The Morgan fingerprint density at radius 2 is 1.53 bits per heavy atom. The fourth-order valence-electron chi connectivity index (χ4n) is 3.46. The van der Waals surface area contributed by atoms with Crippen LogP contribution in [0.25, 0.3) is 10.8 Å². The van der Waals surface area contributed by atoms with Crippen molar-refractivity contribution in [2.24, 2.45) is 0 Å². The Bertz CT molecular complexity index is 1140. The number of fused-ring (bicyclic) bond motifs is 1. The van der Waals surface area contributed by atoms with Crippen molar-refractivity contribution in [3.63, 3.8) is 0 Å². The van der Waals surface area contributed by atoms with Crippen LogP contribution in [-0.2, 0) is 14.6 Å². The third-order valence-corrected chi connectivity index (χ3v) is 6.62. The third-order valence-electron chi connectivity index (χ3n) is 5.50. The second-order valence-electron chi connectivity index (χ2n) is 7.83. The van der Waals surface area contributed by atoms with E-state index in [-0.39, 0.29) is 24.5 Å². The van der Waals surface area contributed by atoms with E-state index >= 15 is 0 Å². The van der Waals surface area contributed by atoms with Crippen LogP contribution in [-0.4, -0.2) is 39.1 Å². The van der Waals surface area contributed by atoms with Crippen molar-refractivity contribution in [2.45, 2.75) is 30.8 Å². The average Bonchev–Trinajstić information content (AvgIpc) is 2.72. The van der Waals surface area contributed by atoms with Crippen LogP contribution in [0.3, 0.4) is 0 Å². The molecule has 0 fully saturated rings. The predicted molar refractivity (Wildman–Crippen MR) is 121 cm³/mol. The number of likely N-dealkylation sites (N-methyl/N-ethyl adjacent to an activating group) is 1. The van der Waals surface area contributed by atoms with E-state index in [0.29, 0.717) is 4.90 Å².